The normalized spacial score (nSPS) is 17.9. The van der Waals surface area contributed by atoms with Crippen molar-refractivity contribution in [2.45, 2.75) is 43.8 Å². The average molecular weight is 503 g/mol. The number of imidazole rings is 1. The van der Waals surface area contributed by atoms with Gasteiger partial charge in [0.25, 0.3) is 5.91 Å². The number of carboxylic acids is 1. The second-order valence-electron chi connectivity index (χ2n) is 8.49. The van der Waals surface area contributed by atoms with Crippen molar-refractivity contribution < 1.29 is 37.0 Å². The number of aliphatic carboxylic acids is 1. The van der Waals surface area contributed by atoms with Crippen molar-refractivity contribution in [1.82, 2.24) is 15.3 Å². The summed E-state index contributed by atoms with van der Waals surface area (Å²) < 4.78 is 42.7. The van der Waals surface area contributed by atoms with Crippen molar-refractivity contribution in [3.63, 3.8) is 0 Å². The van der Waals surface area contributed by atoms with Crippen LogP contribution >= 0.6 is 0 Å². The van der Waals surface area contributed by atoms with Gasteiger partial charge in [0.15, 0.2) is 5.76 Å². The van der Waals surface area contributed by atoms with Crippen LogP contribution in [0.15, 0.2) is 52.9 Å². The first-order valence-electron chi connectivity index (χ1n) is 11.3. The van der Waals surface area contributed by atoms with E-state index in [0.29, 0.717) is 17.3 Å². The Labute approximate surface area is 203 Å². The Morgan fingerprint density at radius 1 is 1.17 bits per heavy atom. The molecule has 1 amide bonds. The number of nitrogens with one attached hydrogen (secondary N) is 2. The zero-order chi connectivity index (χ0) is 25.9. The summed E-state index contributed by atoms with van der Waals surface area (Å²) in [6.45, 7) is 0. The van der Waals surface area contributed by atoms with Crippen LogP contribution in [0.25, 0.3) is 22.0 Å². The quantitative estimate of drug-likeness (QED) is 0.343. The Morgan fingerprint density at radius 2 is 1.92 bits per heavy atom. The number of carbonyl (C=O) groups excluding carboxylic acids is 1. The first kappa shape index (κ1) is 25.1. The second-order valence-corrected chi connectivity index (χ2v) is 8.49. The highest BCUT2D eigenvalue weighted by atomic mass is 19.4. The predicted octanol–water partition coefficient (Wildman–Crippen LogP) is 5.41. The van der Waals surface area contributed by atoms with Crippen molar-refractivity contribution in [3.8, 4) is 5.75 Å². The van der Waals surface area contributed by atoms with Crippen LogP contribution in [0.4, 0.5) is 13.2 Å². The fraction of sp³-hybridized carbons (Fsp3) is 0.320. The number of carboxylic acid groups (broad SMARTS) is 1. The summed E-state index contributed by atoms with van der Waals surface area (Å²) in [6, 6.07) is 15.5. The molecule has 1 saturated carbocycles. The average Bonchev–Trinajstić information content (AvgIpc) is 3.48. The number of rotatable bonds is 4. The van der Waals surface area contributed by atoms with Crippen molar-refractivity contribution in [3.05, 3.63) is 60.1 Å². The minimum absolute atomic E-state index is 0.109. The van der Waals surface area contributed by atoms with Gasteiger partial charge in [0.2, 0.25) is 0 Å². The maximum absolute atomic E-state index is 12.8. The molecule has 36 heavy (non-hydrogen) atoms. The van der Waals surface area contributed by atoms with Crippen LogP contribution in [0, 0.1) is 0 Å². The van der Waals surface area contributed by atoms with Gasteiger partial charge in [0, 0.05) is 17.3 Å². The third-order valence-corrected chi connectivity index (χ3v) is 5.99. The van der Waals surface area contributed by atoms with Crippen LogP contribution in [0.5, 0.6) is 5.75 Å². The third-order valence-electron chi connectivity index (χ3n) is 5.99. The summed E-state index contributed by atoms with van der Waals surface area (Å²) in [5, 5.41) is 11.1. The first-order chi connectivity index (χ1) is 17.1. The molecule has 2 aromatic carbocycles. The number of carbonyl (C=O) groups is 2. The van der Waals surface area contributed by atoms with Crippen LogP contribution in [-0.4, -0.2) is 46.3 Å². The molecule has 0 aliphatic heterocycles. The van der Waals surface area contributed by atoms with Gasteiger partial charge in [0.05, 0.1) is 18.1 Å². The van der Waals surface area contributed by atoms with Crippen LogP contribution in [0.2, 0.25) is 0 Å². The molecule has 3 N–H and O–H groups in total. The van der Waals surface area contributed by atoms with E-state index in [-0.39, 0.29) is 11.9 Å². The molecular weight excluding hydrogens is 479 g/mol. The molecule has 1 aliphatic rings. The lowest BCUT2D eigenvalue weighted by Gasteiger charge is -2.28. The molecule has 1 fully saturated rings. The van der Waals surface area contributed by atoms with Crippen molar-refractivity contribution in [2.24, 2.45) is 0 Å². The number of aromatic amines is 1. The Hall–Kier alpha value is -4.02. The van der Waals surface area contributed by atoms with Gasteiger partial charge in [-0.2, -0.15) is 13.2 Å². The van der Waals surface area contributed by atoms with E-state index in [4.69, 9.17) is 24.0 Å². The molecule has 2 heterocycles. The third kappa shape index (κ3) is 5.78. The molecule has 5 rings (SSSR count). The summed E-state index contributed by atoms with van der Waals surface area (Å²) in [6.07, 6.45) is -1.10. The number of halogens is 3. The van der Waals surface area contributed by atoms with Gasteiger partial charge in [-0.15, -0.1) is 0 Å². The maximum atomic E-state index is 12.8. The summed E-state index contributed by atoms with van der Waals surface area (Å²) >= 11 is 0. The molecule has 2 atom stereocenters. The molecule has 1 aliphatic carbocycles. The lowest BCUT2D eigenvalue weighted by Crippen LogP contribution is -2.38. The topological polar surface area (TPSA) is 117 Å². The number of hydrogen-bond acceptors (Lipinski definition) is 5. The molecule has 0 radical (unpaired) electrons. The molecule has 0 unspecified atom stereocenters. The van der Waals surface area contributed by atoms with E-state index in [1.54, 1.807) is 13.2 Å². The van der Waals surface area contributed by atoms with E-state index in [2.05, 4.69) is 10.3 Å². The highest BCUT2D eigenvalue weighted by Gasteiger charge is 2.38. The SMILES string of the molecule is COc1ccc2oc(C(=O)N[C@@H]3CCC[C@H](c4nc5ccccc5[nH]4)C3)cc2c1.O=C(O)C(F)(F)F. The molecule has 4 aromatic rings. The second kappa shape index (κ2) is 10.3. The monoisotopic (exact) mass is 503 g/mol. The minimum Gasteiger partial charge on any atom is -0.497 e. The highest BCUT2D eigenvalue weighted by Crippen LogP contribution is 2.33. The number of H-pyrrole nitrogens is 1. The van der Waals surface area contributed by atoms with Gasteiger partial charge in [-0.3, -0.25) is 4.79 Å². The van der Waals surface area contributed by atoms with Gasteiger partial charge in [-0.05, 0) is 55.7 Å². The largest absolute Gasteiger partial charge is 0.497 e. The van der Waals surface area contributed by atoms with Gasteiger partial charge in [0.1, 0.15) is 17.2 Å². The van der Waals surface area contributed by atoms with E-state index in [1.165, 1.54) is 0 Å². The van der Waals surface area contributed by atoms with E-state index >= 15 is 0 Å². The predicted molar refractivity (Wildman–Crippen MR) is 125 cm³/mol. The molecule has 0 spiro atoms. The van der Waals surface area contributed by atoms with Gasteiger partial charge < -0.3 is 24.6 Å². The number of ether oxygens (including phenoxy) is 1. The lowest BCUT2D eigenvalue weighted by atomic mass is 9.85. The lowest BCUT2D eigenvalue weighted by molar-refractivity contribution is -0.192. The van der Waals surface area contributed by atoms with Crippen LogP contribution in [0.1, 0.15) is 48.0 Å². The number of hydrogen-bond donors (Lipinski definition) is 3. The summed E-state index contributed by atoms with van der Waals surface area (Å²) in [4.78, 5) is 29.9. The van der Waals surface area contributed by atoms with E-state index < -0.39 is 12.1 Å². The van der Waals surface area contributed by atoms with Gasteiger partial charge in [-0.1, -0.05) is 18.6 Å². The van der Waals surface area contributed by atoms with E-state index in [0.717, 1.165) is 53.7 Å². The standard InChI is InChI=1S/C23H23N3O3.C2HF3O2/c1-28-17-9-10-20-15(12-17)13-21(29-20)23(27)24-16-6-4-5-14(11-16)22-25-18-7-2-3-8-19(18)26-22;3-2(4,5)1(6)7/h2-3,7-10,12-14,16H,4-6,11H2,1H3,(H,24,27)(H,25,26);(H,6,7)/t14-,16+;/m0./s1. The zero-order valence-electron chi connectivity index (χ0n) is 19.3. The summed E-state index contributed by atoms with van der Waals surface area (Å²) in [7, 11) is 1.62. The van der Waals surface area contributed by atoms with Crippen LogP contribution in [0.3, 0.4) is 0 Å². The molecule has 11 heteroatoms. The summed E-state index contributed by atoms with van der Waals surface area (Å²) in [5.74, 6) is -0.518. The van der Waals surface area contributed by atoms with Gasteiger partial charge in [-0.25, -0.2) is 9.78 Å². The number of furan rings is 1. The Morgan fingerprint density at radius 3 is 2.61 bits per heavy atom. The number of alkyl halides is 3. The van der Waals surface area contributed by atoms with Crippen molar-refractivity contribution >= 4 is 33.9 Å². The Kier molecular flexibility index (Phi) is 7.18. The molecule has 8 nitrogen and oxygen atoms in total. The van der Waals surface area contributed by atoms with Gasteiger partial charge >= 0.3 is 12.1 Å². The summed E-state index contributed by atoms with van der Waals surface area (Å²) in [5.41, 5.74) is 2.73. The number of aromatic nitrogens is 2. The van der Waals surface area contributed by atoms with Crippen molar-refractivity contribution in [2.75, 3.05) is 7.11 Å². The highest BCUT2D eigenvalue weighted by molar-refractivity contribution is 5.96. The molecule has 0 saturated heterocycles. The smallest absolute Gasteiger partial charge is 0.490 e. The minimum atomic E-state index is -5.08. The number of nitrogens with zero attached hydrogens (tertiary/aromatic N) is 1. The number of benzene rings is 2. The number of para-hydroxylation sites is 2. The van der Waals surface area contributed by atoms with Crippen LogP contribution in [-0.2, 0) is 4.79 Å². The van der Waals surface area contributed by atoms with Crippen LogP contribution < -0.4 is 10.1 Å². The number of amides is 1. The molecule has 190 valence electrons. The molecular formula is C25H24F3N3O5. The fourth-order valence-corrected chi connectivity index (χ4v) is 4.25. The fourth-order valence-electron chi connectivity index (χ4n) is 4.25. The maximum Gasteiger partial charge on any atom is 0.490 e. The molecule has 0 bridgehead atoms. The Bertz CT molecular complexity index is 1350. The first-order valence-corrected chi connectivity index (χ1v) is 11.3. The zero-order valence-corrected chi connectivity index (χ0v) is 19.3. The van der Waals surface area contributed by atoms with E-state index in [9.17, 15) is 18.0 Å². The number of fused-ring (bicyclic) bond motifs is 2. The van der Waals surface area contributed by atoms with Crippen molar-refractivity contribution in [1.29, 1.82) is 0 Å². The Balaban J connectivity index is 0.000000384. The number of methoxy groups -OCH3 is 1. The van der Waals surface area contributed by atoms with E-state index in [1.807, 2.05) is 42.5 Å². The molecule has 2 aromatic heterocycles.